The summed E-state index contributed by atoms with van der Waals surface area (Å²) in [7, 11) is 0. The summed E-state index contributed by atoms with van der Waals surface area (Å²) in [6.07, 6.45) is 4.05. The van der Waals surface area contributed by atoms with Gasteiger partial charge in [0.05, 0.1) is 35.7 Å². The van der Waals surface area contributed by atoms with Gasteiger partial charge in [-0.05, 0) is 61.4 Å². The first kappa shape index (κ1) is 41.5. The third-order valence-corrected chi connectivity index (χ3v) is 12.1. The zero-order valence-electron chi connectivity index (χ0n) is 34.5. The lowest BCUT2D eigenvalue weighted by molar-refractivity contribution is -0.136. The van der Waals surface area contributed by atoms with E-state index >= 15 is 4.39 Å². The van der Waals surface area contributed by atoms with Gasteiger partial charge in [-0.25, -0.2) is 9.18 Å². The van der Waals surface area contributed by atoms with Crippen LogP contribution in [-0.2, 0) is 16.1 Å². The quantitative estimate of drug-likeness (QED) is 0.130. The van der Waals surface area contributed by atoms with Crippen molar-refractivity contribution in [2.75, 3.05) is 66.7 Å². The predicted octanol–water partition coefficient (Wildman–Crippen LogP) is 3.40. The molecular formula is C42H51FN12O6. The molecule has 61 heavy (non-hydrogen) atoms. The van der Waals surface area contributed by atoms with Crippen molar-refractivity contribution in [3.05, 3.63) is 70.7 Å². The molecule has 4 aromatic rings. The van der Waals surface area contributed by atoms with Crippen LogP contribution in [0.15, 0.2) is 42.6 Å². The molecular weight excluding hydrogens is 788 g/mol. The first-order valence-electron chi connectivity index (χ1n) is 21.0. The van der Waals surface area contributed by atoms with Crippen molar-refractivity contribution < 1.29 is 33.5 Å². The van der Waals surface area contributed by atoms with Crippen LogP contribution in [0.5, 0.6) is 0 Å². The highest BCUT2D eigenvalue weighted by Crippen LogP contribution is 2.34. The van der Waals surface area contributed by atoms with Gasteiger partial charge in [0.2, 0.25) is 23.7 Å². The molecule has 2 aromatic carbocycles. The van der Waals surface area contributed by atoms with E-state index in [0.717, 1.165) is 34.9 Å². The Hall–Kier alpha value is -6.21. The molecule has 3 fully saturated rings. The minimum atomic E-state index is -1.12. The molecule has 4 aliphatic rings. The van der Waals surface area contributed by atoms with E-state index in [-0.39, 0.29) is 60.3 Å². The molecule has 3 saturated heterocycles. The van der Waals surface area contributed by atoms with Crippen molar-refractivity contribution in [1.29, 1.82) is 0 Å². The van der Waals surface area contributed by atoms with E-state index in [2.05, 4.69) is 50.1 Å². The molecule has 0 saturated carbocycles. The van der Waals surface area contributed by atoms with Crippen molar-refractivity contribution >= 4 is 58.6 Å². The van der Waals surface area contributed by atoms with Crippen LogP contribution in [0.1, 0.15) is 90.6 Å². The highest BCUT2D eigenvalue weighted by Gasteiger charge is 2.45. The molecule has 0 bridgehead atoms. The standard InChI is InChI=1S/C42H51FN12O6/c1-4-26(23-56)46-40-49-36-31(24(2)3)22-45-55(36)41(50-40)44-21-25-5-7-27(8-6-25)47-42(61)53-17-15-51(16-18-53)28-11-13-52(14-12-28)34-20-30-29(19-32(34)43)38(59)54(39(30)60)33-9-10-35(57)48-37(33)58/h5-8,19-20,22,24,26,28,33,56H,4,9-18,21,23H2,1-3H3,(H,47,61)(H,48,57,58)(H2,44,46,49,50)/t26-,33?/m0/s1. The van der Waals surface area contributed by atoms with Crippen LogP contribution >= 0.6 is 0 Å². The Morgan fingerprint density at radius 2 is 1.66 bits per heavy atom. The number of hydrogen-bond acceptors (Lipinski definition) is 13. The minimum Gasteiger partial charge on any atom is -0.394 e. The van der Waals surface area contributed by atoms with E-state index in [1.54, 1.807) is 15.6 Å². The number of aliphatic hydroxyl groups is 1. The fourth-order valence-electron chi connectivity index (χ4n) is 8.51. The maximum Gasteiger partial charge on any atom is 0.321 e. The maximum absolute atomic E-state index is 15.5. The number of carbonyl (C=O) groups excluding carboxylic acids is 5. The van der Waals surface area contributed by atoms with Crippen molar-refractivity contribution in [3.63, 3.8) is 0 Å². The third kappa shape index (κ3) is 8.43. The summed E-state index contributed by atoms with van der Waals surface area (Å²) in [5.74, 6) is -2.06. The topological polar surface area (TPSA) is 210 Å². The Balaban J connectivity index is 0.813. The average molecular weight is 839 g/mol. The molecule has 18 nitrogen and oxygen atoms in total. The molecule has 0 aliphatic carbocycles. The minimum absolute atomic E-state index is 0.00538. The van der Waals surface area contributed by atoms with Gasteiger partial charge in [0.25, 0.3) is 11.8 Å². The molecule has 322 valence electrons. The number of nitrogens with one attached hydrogen (secondary N) is 4. The van der Waals surface area contributed by atoms with Crippen LogP contribution < -0.4 is 26.2 Å². The van der Waals surface area contributed by atoms with E-state index in [4.69, 9.17) is 4.98 Å². The van der Waals surface area contributed by atoms with Gasteiger partial charge in [0.1, 0.15) is 11.9 Å². The number of fused-ring (bicyclic) bond motifs is 2. The number of hydrogen-bond donors (Lipinski definition) is 5. The Labute approximate surface area is 351 Å². The second-order valence-corrected chi connectivity index (χ2v) is 16.3. The molecule has 19 heteroatoms. The predicted molar refractivity (Wildman–Crippen MR) is 224 cm³/mol. The molecule has 2 aromatic heterocycles. The Morgan fingerprint density at radius 1 is 0.951 bits per heavy atom. The number of anilines is 4. The number of halogens is 1. The average Bonchev–Trinajstić information content (AvgIpc) is 3.80. The molecule has 4 aliphatic heterocycles. The number of imide groups is 2. The van der Waals surface area contributed by atoms with E-state index in [0.29, 0.717) is 75.5 Å². The number of aliphatic hydroxyl groups excluding tert-OH is 1. The summed E-state index contributed by atoms with van der Waals surface area (Å²) >= 11 is 0. The SMILES string of the molecule is CC[C@@H](CO)Nc1nc(NCc2ccc(NC(=O)N3CCN(C4CCN(c5cc6c(cc5F)C(=O)N(C5CCC(=O)NC5=O)C6=O)CC4)CC3)cc2)n2ncc(C(C)C)c2n1. The van der Waals surface area contributed by atoms with Crippen LogP contribution in [0.2, 0.25) is 0 Å². The number of urea groups is 1. The van der Waals surface area contributed by atoms with Gasteiger partial charge in [0, 0.05) is 69.5 Å². The van der Waals surface area contributed by atoms with E-state index < -0.39 is 35.5 Å². The first-order valence-corrected chi connectivity index (χ1v) is 21.0. The maximum atomic E-state index is 15.5. The number of piperidine rings is 2. The van der Waals surface area contributed by atoms with E-state index in [1.807, 2.05) is 36.1 Å². The van der Waals surface area contributed by atoms with Crippen molar-refractivity contribution in [2.24, 2.45) is 0 Å². The Kier molecular flexibility index (Phi) is 11.9. The summed E-state index contributed by atoms with van der Waals surface area (Å²) in [5, 5.41) is 26.0. The van der Waals surface area contributed by atoms with Crippen LogP contribution in [0.3, 0.4) is 0 Å². The summed E-state index contributed by atoms with van der Waals surface area (Å²) in [6, 6.07) is 8.88. The van der Waals surface area contributed by atoms with Crippen molar-refractivity contribution in [3.8, 4) is 0 Å². The monoisotopic (exact) mass is 838 g/mol. The van der Waals surface area contributed by atoms with Gasteiger partial charge in [0.15, 0.2) is 5.65 Å². The summed E-state index contributed by atoms with van der Waals surface area (Å²) in [4.78, 5) is 80.1. The van der Waals surface area contributed by atoms with E-state index in [1.165, 1.54) is 6.07 Å². The number of amides is 6. The number of nitrogens with zero attached hydrogens (tertiary/aromatic N) is 8. The van der Waals surface area contributed by atoms with Gasteiger partial charge in [-0.15, -0.1) is 0 Å². The third-order valence-electron chi connectivity index (χ3n) is 12.1. The number of rotatable bonds is 12. The molecule has 0 radical (unpaired) electrons. The van der Waals surface area contributed by atoms with Gasteiger partial charge in [-0.3, -0.25) is 34.3 Å². The van der Waals surface area contributed by atoms with Crippen LogP contribution in [0, 0.1) is 5.82 Å². The van der Waals surface area contributed by atoms with Gasteiger partial charge in [-0.2, -0.15) is 19.6 Å². The van der Waals surface area contributed by atoms with Gasteiger partial charge in [-0.1, -0.05) is 32.9 Å². The van der Waals surface area contributed by atoms with E-state index in [9.17, 15) is 29.1 Å². The highest BCUT2D eigenvalue weighted by atomic mass is 19.1. The normalized spacial score (nSPS) is 19.4. The van der Waals surface area contributed by atoms with Crippen molar-refractivity contribution in [1.82, 2.24) is 39.6 Å². The lowest BCUT2D eigenvalue weighted by Crippen LogP contribution is -2.55. The van der Waals surface area contributed by atoms with Gasteiger partial charge < -0.3 is 30.9 Å². The number of carbonyl (C=O) groups is 5. The lowest BCUT2D eigenvalue weighted by Gasteiger charge is -2.43. The van der Waals surface area contributed by atoms with Crippen LogP contribution in [-0.4, -0.2) is 133 Å². The largest absolute Gasteiger partial charge is 0.394 e. The zero-order chi connectivity index (χ0) is 42.9. The second kappa shape index (κ2) is 17.4. The van der Waals surface area contributed by atoms with Crippen molar-refractivity contribution in [2.45, 2.75) is 83.5 Å². The lowest BCUT2D eigenvalue weighted by atomic mass is 10.0. The first-order chi connectivity index (χ1) is 29.4. The van der Waals surface area contributed by atoms with Crippen LogP contribution in [0.25, 0.3) is 5.65 Å². The summed E-state index contributed by atoms with van der Waals surface area (Å²) in [6.45, 7) is 10.1. The number of aromatic nitrogens is 4. The fourth-order valence-corrected chi connectivity index (χ4v) is 8.51. The van der Waals surface area contributed by atoms with Crippen LogP contribution in [0.4, 0.5) is 32.5 Å². The summed E-state index contributed by atoms with van der Waals surface area (Å²) < 4.78 is 17.2. The zero-order valence-corrected chi connectivity index (χ0v) is 34.5. The Morgan fingerprint density at radius 3 is 2.31 bits per heavy atom. The molecule has 5 N–H and O–H groups in total. The molecule has 6 heterocycles. The molecule has 0 spiro atoms. The van der Waals surface area contributed by atoms with Gasteiger partial charge >= 0.3 is 6.03 Å². The number of piperazine rings is 1. The molecule has 2 atom stereocenters. The number of benzene rings is 2. The fraction of sp³-hybridized carbons (Fsp3) is 0.476. The highest BCUT2D eigenvalue weighted by molar-refractivity contribution is 6.23. The molecule has 6 amide bonds. The summed E-state index contributed by atoms with van der Waals surface area (Å²) in [5.41, 5.74) is 3.54. The Bertz CT molecular complexity index is 2330. The second-order valence-electron chi connectivity index (χ2n) is 16.3. The smallest absolute Gasteiger partial charge is 0.321 e. The molecule has 1 unspecified atom stereocenters. The molecule has 8 rings (SSSR count).